The van der Waals surface area contributed by atoms with Gasteiger partial charge in [0.05, 0.1) is 39.9 Å². The van der Waals surface area contributed by atoms with E-state index in [9.17, 15) is 19.4 Å². The highest BCUT2D eigenvalue weighted by Gasteiger charge is 2.23. The maximum Gasteiger partial charge on any atom is 0.268 e. The van der Waals surface area contributed by atoms with E-state index in [1.54, 1.807) is 6.08 Å². The van der Waals surface area contributed by atoms with E-state index in [-0.39, 0.29) is 12.5 Å². The molecule has 0 heterocycles. The van der Waals surface area contributed by atoms with Gasteiger partial charge in [-0.2, -0.15) is 0 Å². The SMILES string of the molecule is CC/C=C\C/C=C\C/C=C\C/C=C\C/C=C\C/C=C\C/C=C\CCCCCCCCCCCCCC(=O)NC(COP(=O)([O-])OCC[N+](C)(C)C)C(O)/C=C/CC/C=C/CCCCCCCCCCCCCCCCCCCCCC. The minimum absolute atomic E-state index is 0.0113. The number of phosphoric ester groups is 1. The van der Waals surface area contributed by atoms with Crippen LogP contribution in [0, 0.1) is 0 Å². The van der Waals surface area contributed by atoms with Gasteiger partial charge in [0.15, 0.2) is 0 Å². The van der Waals surface area contributed by atoms with Crippen LogP contribution >= 0.6 is 7.82 Å². The average Bonchev–Trinajstić information content (AvgIpc) is 3.43. The van der Waals surface area contributed by atoms with Crippen LogP contribution in [-0.4, -0.2) is 68.5 Å². The second kappa shape index (κ2) is 61.7. The molecule has 0 saturated heterocycles. The van der Waals surface area contributed by atoms with E-state index in [1.165, 1.54) is 186 Å². The predicted octanol–water partition coefficient (Wildman–Crippen LogP) is 20.9. The Morgan fingerprint density at radius 1 is 0.444 bits per heavy atom. The maximum absolute atomic E-state index is 13.0. The summed E-state index contributed by atoms with van der Waals surface area (Å²) < 4.78 is 23.4. The fourth-order valence-corrected chi connectivity index (χ4v) is 10.2. The van der Waals surface area contributed by atoms with Gasteiger partial charge in [-0.1, -0.05) is 303 Å². The Bertz CT molecular complexity index is 1690. The number of aliphatic hydroxyl groups is 1. The summed E-state index contributed by atoms with van der Waals surface area (Å²) in [5, 5.41) is 13.9. The van der Waals surface area contributed by atoms with Gasteiger partial charge >= 0.3 is 0 Å². The summed E-state index contributed by atoms with van der Waals surface area (Å²) >= 11 is 0. The van der Waals surface area contributed by atoms with Crippen molar-refractivity contribution < 1.29 is 32.9 Å². The van der Waals surface area contributed by atoms with Crippen LogP contribution in [0.3, 0.4) is 0 Å². The van der Waals surface area contributed by atoms with Crippen LogP contribution in [0.4, 0.5) is 0 Å². The highest BCUT2D eigenvalue weighted by molar-refractivity contribution is 7.45. The van der Waals surface area contributed by atoms with Crippen LogP contribution in [0.25, 0.3) is 0 Å². The standard InChI is InChI=1S/C72H129N2O6P/c1-6-8-10-12-14-16-18-20-22-24-26-28-30-32-34-35-36-37-38-39-40-42-44-46-48-50-52-54-56-58-60-62-64-66-72(76)73-70(69-80-81(77,78)79-68-67-74(3,4)5)71(75)65-63-61-59-57-55-53-51-49-47-45-43-41-33-31-29-27-25-23-21-19-17-15-13-11-9-7-2/h8,10,14,16,20,22,26,28,32,34,36-37,39-40,55,57,63,65,70-71,75H,6-7,9,11-13,15,17-19,21,23-25,27,29-31,33,35,38,41-54,56,58-62,64,66-69H2,1-5H3,(H-,73,76,77,78)/b10-8-,16-14-,22-20-,28-26-,34-32-,37-36-,40-39-,57-55+,65-63+. The summed E-state index contributed by atoms with van der Waals surface area (Å²) in [7, 11) is 1.24. The van der Waals surface area contributed by atoms with Gasteiger partial charge in [0.2, 0.25) is 5.91 Å². The number of hydrogen-bond acceptors (Lipinski definition) is 6. The third-order valence-electron chi connectivity index (χ3n) is 14.7. The monoisotopic (exact) mass is 1150 g/mol. The zero-order chi connectivity index (χ0) is 59.1. The summed E-state index contributed by atoms with van der Waals surface area (Å²) in [6.07, 6.45) is 90.5. The highest BCUT2D eigenvalue weighted by atomic mass is 31.2. The highest BCUT2D eigenvalue weighted by Crippen LogP contribution is 2.38. The summed E-state index contributed by atoms with van der Waals surface area (Å²) in [5.74, 6) is -0.212. The van der Waals surface area contributed by atoms with Crippen molar-refractivity contribution >= 4 is 13.7 Å². The Hall–Kier alpha value is -2.84. The molecule has 0 bridgehead atoms. The zero-order valence-electron chi connectivity index (χ0n) is 53.5. The molecule has 0 rings (SSSR count). The molecule has 8 nitrogen and oxygen atoms in total. The molecule has 0 aromatic carbocycles. The lowest BCUT2D eigenvalue weighted by Gasteiger charge is -2.29. The predicted molar refractivity (Wildman–Crippen MR) is 352 cm³/mol. The number of likely N-dealkylation sites (N-methyl/N-ethyl adjacent to an activating group) is 1. The summed E-state index contributed by atoms with van der Waals surface area (Å²) in [6, 6.07) is -0.914. The van der Waals surface area contributed by atoms with Gasteiger partial charge in [0.25, 0.3) is 7.82 Å². The van der Waals surface area contributed by atoms with Crippen LogP contribution in [0.2, 0.25) is 0 Å². The molecule has 0 radical (unpaired) electrons. The van der Waals surface area contributed by atoms with Gasteiger partial charge in [-0.15, -0.1) is 0 Å². The van der Waals surface area contributed by atoms with Crippen LogP contribution in [0.5, 0.6) is 0 Å². The number of aliphatic hydroxyl groups excluding tert-OH is 1. The lowest BCUT2D eigenvalue weighted by atomic mass is 10.0. The van der Waals surface area contributed by atoms with E-state index >= 15 is 0 Å². The number of quaternary nitrogens is 1. The molecule has 0 spiro atoms. The first-order valence-corrected chi connectivity index (χ1v) is 35.2. The molecule has 3 unspecified atom stereocenters. The third kappa shape index (κ3) is 64.6. The van der Waals surface area contributed by atoms with Gasteiger partial charge in [-0.05, 0) is 89.9 Å². The Morgan fingerprint density at radius 2 is 0.765 bits per heavy atom. The number of amides is 1. The number of rotatable bonds is 61. The molecule has 0 aromatic heterocycles. The number of carbonyl (C=O) groups is 1. The van der Waals surface area contributed by atoms with Crippen molar-refractivity contribution in [3.63, 3.8) is 0 Å². The van der Waals surface area contributed by atoms with Gasteiger partial charge in [0, 0.05) is 6.42 Å². The van der Waals surface area contributed by atoms with E-state index in [1.807, 2.05) is 27.2 Å². The molecular weight excluding hydrogens is 1020 g/mol. The second-order valence-corrected chi connectivity index (χ2v) is 25.2. The summed E-state index contributed by atoms with van der Waals surface area (Å²) in [4.78, 5) is 25.6. The van der Waals surface area contributed by atoms with Crippen molar-refractivity contribution in [2.75, 3.05) is 40.9 Å². The second-order valence-electron chi connectivity index (χ2n) is 23.8. The molecule has 2 N–H and O–H groups in total. The normalized spacial score (nSPS) is 14.4. The van der Waals surface area contributed by atoms with E-state index in [0.717, 1.165) is 83.5 Å². The molecule has 0 aliphatic carbocycles. The topological polar surface area (TPSA) is 108 Å². The van der Waals surface area contributed by atoms with Crippen molar-refractivity contribution in [2.45, 2.75) is 302 Å². The molecule has 1 amide bonds. The van der Waals surface area contributed by atoms with E-state index in [4.69, 9.17) is 9.05 Å². The average molecular weight is 1150 g/mol. The molecule has 468 valence electrons. The van der Waals surface area contributed by atoms with E-state index < -0.39 is 26.6 Å². The van der Waals surface area contributed by atoms with Crippen molar-refractivity contribution in [2.24, 2.45) is 0 Å². The molecule has 0 aliphatic heterocycles. The number of nitrogens with zero attached hydrogens (tertiary/aromatic N) is 1. The number of phosphoric acid groups is 1. The van der Waals surface area contributed by atoms with E-state index in [2.05, 4.69) is 116 Å². The minimum atomic E-state index is -4.62. The lowest BCUT2D eigenvalue weighted by Crippen LogP contribution is -2.45. The van der Waals surface area contributed by atoms with Gasteiger partial charge < -0.3 is 28.8 Å². The van der Waals surface area contributed by atoms with Crippen LogP contribution in [0.15, 0.2) is 109 Å². The maximum atomic E-state index is 13.0. The first-order chi connectivity index (χ1) is 39.5. The minimum Gasteiger partial charge on any atom is -0.756 e. The molecule has 0 saturated carbocycles. The number of allylic oxidation sites excluding steroid dienone is 17. The Labute approximate surface area is 501 Å². The lowest BCUT2D eigenvalue weighted by molar-refractivity contribution is -0.870. The Balaban J connectivity index is 4.17. The van der Waals surface area contributed by atoms with Crippen LogP contribution < -0.4 is 10.2 Å². The zero-order valence-corrected chi connectivity index (χ0v) is 54.4. The molecule has 0 fully saturated rings. The molecule has 0 aromatic rings. The third-order valence-corrected chi connectivity index (χ3v) is 15.7. The molecule has 81 heavy (non-hydrogen) atoms. The number of carbonyl (C=O) groups excluding carboxylic acids is 1. The number of nitrogens with one attached hydrogen (secondary N) is 1. The smallest absolute Gasteiger partial charge is 0.268 e. The molecule has 0 aliphatic rings. The van der Waals surface area contributed by atoms with Crippen molar-refractivity contribution in [1.29, 1.82) is 0 Å². The summed E-state index contributed by atoms with van der Waals surface area (Å²) in [5.41, 5.74) is 0. The number of unbranched alkanes of at least 4 members (excludes halogenated alkanes) is 32. The number of hydrogen-bond donors (Lipinski definition) is 2. The fourth-order valence-electron chi connectivity index (χ4n) is 9.50. The van der Waals surface area contributed by atoms with Gasteiger partial charge in [0.1, 0.15) is 13.2 Å². The van der Waals surface area contributed by atoms with Crippen molar-refractivity contribution in [1.82, 2.24) is 5.32 Å². The van der Waals surface area contributed by atoms with Crippen molar-refractivity contribution in [3.05, 3.63) is 109 Å². The molecule has 3 atom stereocenters. The van der Waals surface area contributed by atoms with Crippen molar-refractivity contribution in [3.8, 4) is 0 Å². The van der Waals surface area contributed by atoms with Crippen LogP contribution in [0.1, 0.15) is 290 Å². The van der Waals surface area contributed by atoms with Gasteiger partial charge in [-0.3, -0.25) is 9.36 Å². The van der Waals surface area contributed by atoms with E-state index in [0.29, 0.717) is 17.4 Å². The van der Waals surface area contributed by atoms with Gasteiger partial charge in [-0.25, -0.2) is 0 Å². The fraction of sp³-hybridized carbons (Fsp3) is 0.736. The summed E-state index contributed by atoms with van der Waals surface area (Å²) in [6.45, 7) is 4.53. The quantitative estimate of drug-likeness (QED) is 0.0272. The van der Waals surface area contributed by atoms with Crippen LogP contribution in [-0.2, 0) is 18.4 Å². The molecular formula is C72H129N2O6P. The Morgan fingerprint density at radius 3 is 1.15 bits per heavy atom. The molecule has 9 heteroatoms. The Kier molecular flexibility index (Phi) is 59.5. The first kappa shape index (κ1) is 78.2. The largest absolute Gasteiger partial charge is 0.756 e. The first-order valence-electron chi connectivity index (χ1n) is 33.7.